The number of methoxy groups -OCH3 is 1. The monoisotopic (exact) mass is 429 g/mol. The van der Waals surface area contributed by atoms with Crippen molar-refractivity contribution in [3.8, 4) is 0 Å². The number of anilines is 1. The number of nitrogens with one attached hydrogen (secondary N) is 2. The number of aryl methyl sites for hydroxylation is 2. The van der Waals surface area contributed by atoms with Crippen LogP contribution in [0.1, 0.15) is 45.6 Å². The molecule has 1 aromatic carbocycles. The van der Waals surface area contributed by atoms with Crippen molar-refractivity contribution in [1.82, 2.24) is 9.97 Å². The van der Waals surface area contributed by atoms with Crippen molar-refractivity contribution in [3.05, 3.63) is 39.8 Å². The Morgan fingerprint density at radius 2 is 2.10 bits per heavy atom. The average Bonchev–Trinajstić information content (AvgIpc) is 3.18. The van der Waals surface area contributed by atoms with Gasteiger partial charge in [-0.15, -0.1) is 11.3 Å². The third kappa shape index (κ3) is 4.33. The van der Waals surface area contributed by atoms with E-state index in [1.54, 1.807) is 0 Å². The number of esters is 1. The fraction of sp³-hybridized carbons (Fsp3) is 0.381. The number of thioether (sulfide) groups is 1. The number of carbonyl (C=O) groups excluding carboxylic acids is 2. The number of thiophene rings is 1. The molecule has 0 radical (unpaired) electrons. The normalized spacial score (nSPS) is 13.7. The van der Waals surface area contributed by atoms with Gasteiger partial charge in [0.05, 0.1) is 29.5 Å². The van der Waals surface area contributed by atoms with E-state index in [-0.39, 0.29) is 17.6 Å². The number of hydrogen-bond acceptors (Lipinski definition) is 6. The van der Waals surface area contributed by atoms with Crippen LogP contribution in [0, 0.1) is 6.92 Å². The third-order valence-corrected chi connectivity index (χ3v) is 7.10. The molecule has 0 aliphatic heterocycles. The summed E-state index contributed by atoms with van der Waals surface area (Å²) in [6.45, 7) is 2.03. The van der Waals surface area contributed by atoms with E-state index in [0.29, 0.717) is 15.7 Å². The van der Waals surface area contributed by atoms with E-state index in [1.165, 1.54) is 35.1 Å². The predicted octanol–water partition coefficient (Wildman–Crippen LogP) is 4.72. The summed E-state index contributed by atoms with van der Waals surface area (Å²) in [7, 11) is 1.38. The van der Waals surface area contributed by atoms with Crippen LogP contribution >= 0.6 is 23.1 Å². The number of nitrogens with zero attached hydrogens (tertiary/aromatic N) is 1. The second kappa shape index (κ2) is 8.59. The molecule has 1 aliphatic rings. The molecule has 4 rings (SSSR count). The van der Waals surface area contributed by atoms with E-state index in [2.05, 4.69) is 15.3 Å². The maximum Gasteiger partial charge on any atom is 0.341 e. The molecule has 0 bridgehead atoms. The van der Waals surface area contributed by atoms with Gasteiger partial charge in [-0.2, -0.15) is 0 Å². The van der Waals surface area contributed by atoms with Crippen molar-refractivity contribution < 1.29 is 14.3 Å². The number of carbonyl (C=O) groups is 2. The summed E-state index contributed by atoms with van der Waals surface area (Å²) in [5.41, 5.74) is 4.58. The van der Waals surface area contributed by atoms with Crippen molar-refractivity contribution in [2.45, 2.75) is 44.2 Å². The zero-order chi connectivity index (χ0) is 20.4. The number of ether oxygens (including phenoxy) is 1. The molecular weight excluding hydrogens is 406 g/mol. The highest BCUT2D eigenvalue weighted by Crippen LogP contribution is 2.38. The van der Waals surface area contributed by atoms with E-state index >= 15 is 0 Å². The van der Waals surface area contributed by atoms with Crippen LogP contribution in [0.15, 0.2) is 23.4 Å². The van der Waals surface area contributed by atoms with Gasteiger partial charge in [-0.25, -0.2) is 9.78 Å². The van der Waals surface area contributed by atoms with Gasteiger partial charge in [0, 0.05) is 4.88 Å². The first-order chi connectivity index (χ1) is 14.0. The van der Waals surface area contributed by atoms with E-state index in [9.17, 15) is 9.59 Å². The van der Waals surface area contributed by atoms with Crippen LogP contribution in [0.2, 0.25) is 0 Å². The number of hydrogen-bond donors (Lipinski definition) is 2. The largest absolute Gasteiger partial charge is 0.465 e. The molecule has 2 heterocycles. The predicted molar refractivity (Wildman–Crippen MR) is 117 cm³/mol. The fourth-order valence-electron chi connectivity index (χ4n) is 3.61. The zero-order valence-corrected chi connectivity index (χ0v) is 18.1. The average molecular weight is 430 g/mol. The van der Waals surface area contributed by atoms with Crippen molar-refractivity contribution in [2.75, 3.05) is 18.2 Å². The Labute approximate surface area is 177 Å². The third-order valence-electron chi connectivity index (χ3n) is 5.02. The van der Waals surface area contributed by atoms with Gasteiger partial charge in [-0.05, 0) is 55.9 Å². The minimum absolute atomic E-state index is 0.159. The molecule has 152 valence electrons. The lowest BCUT2D eigenvalue weighted by Crippen LogP contribution is -2.16. The number of benzene rings is 1. The van der Waals surface area contributed by atoms with Crippen LogP contribution in [-0.4, -0.2) is 34.7 Å². The Hall–Kier alpha value is -2.32. The summed E-state index contributed by atoms with van der Waals surface area (Å²) in [4.78, 5) is 33.9. The van der Waals surface area contributed by atoms with Gasteiger partial charge in [0.1, 0.15) is 5.00 Å². The van der Waals surface area contributed by atoms with Gasteiger partial charge in [0.25, 0.3) is 0 Å². The second-order valence-corrected chi connectivity index (χ2v) is 9.23. The summed E-state index contributed by atoms with van der Waals surface area (Å²) in [5.74, 6) is -0.324. The molecule has 0 fully saturated rings. The summed E-state index contributed by atoms with van der Waals surface area (Å²) >= 11 is 2.86. The van der Waals surface area contributed by atoms with Gasteiger partial charge >= 0.3 is 5.97 Å². The van der Waals surface area contributed by atoms with E-state index in [1.807, 2.05) is 25.1 Å². The number of amides is 1. The highest BCUT2D eigenvalue weighted by molar-refractivity contribution is 7.99. The molecule has 6 nitrogen and oxygen atoms in total. The molecule has 8 heteroatoms. The Morgan fingerprint density at radius 3 is 2.93 bits per heavy atom. The number of H-pyrrole nitrogens is 1. The smallest absolute Gasteiger partial charge is 0.341 e. The number of fused-ring (bicyclic) bond motifs is 2. The number of aromatic amines is 1. The molecule has 2 aromatic heterocycles. The summed E-state index contributed by atoms with van der Waals surface area (Å²) < 4.78 is 4.99. The first-order valence-corrected chi connectivity index (χ1v) is 11.5. The van der Waals surface area contributed by atoms with Crippen molar-refractivity contribution in [1.29, 1.82) is 0 Å². The van der Waals surface area contributed by atoms with E-state index < -0.39 is 0 Å². The van der Waals surface area contributed by atoms with Crippen molar-refractivity contribution in [3.63, 3.8) is 0 Å². The van der Waals surface area contributed by atoms with E-state index in [4.69, 9.17) is 4.74 Å². The number of imidazole rings is 1. The van der Waals surface area contributed by atoms with Crippen LogP contribution in [0.3, 0.4) is 0 Å². The van der Waals surface area contributed by atoms with Gasteiger partial charge < -0.3 is 15.0 Å². The molecule has 0 saturated carbocycles. The lowest BCUT2D eigenvalue weighted by atomic mass is 10.1. The first-order valence-electron chi connectivity index (χ1n) is 9.67. The Balaban J connectivity index is 1.48. The van der Waals surface area contributed by atoms with Crippen LogP contribution < -0.4 is 5.32 Å². The number of rotatable bonds is 5. The summed E-state index contributed by atoms with van der Waals surface area (Å²) in [6, 6.07) is 6.01. The molecule has 0 saturated heterocycles. The van der Waals surface area contributed by atoms with Crippen molar-refractivity contribution in [2.24, 2.45) is 0 Å². The van der Waals surface area contributed by atoms with Crippen LogP contribution in [0.4, 0.5) is 5.00 Å². The molecule has 2 N–H and O–H groups in total. The quantitative estimate of drug-likeness (QED) is 0.348. The molecular formula is C21H23N3O3S2. The second-order valence-electron chi connectivity index (χ2n) is 7.16. The standard InChI is InChI=1S/C21H23N3O3S2/c1-12-8-9-14-15(10-12)23-21(22-14)28-11-17(25)24-19-18(20(26)27-2)13-6-4-3-5-7-16(13)29-19/h8-10H,3-7,11H2,1-2H3,(H,22,23)(H,24,25). The van der Waals surface area contributed by atoms with Crippen molar-refractivity contribution >= 4 is 51.0 Å². The molecule has 1 amide bonds. The lowest BCUT2D eigenvalue weighted by Gasteiger charge is -2.07. The number of aromatic nitrogens is 2. The maximum absolute atomic E-state index is 12.6. The topological polar surface area (TPSA) is 84.1 Å². The molecule has 0 atom stereocenters. The first kappa shape index (κ1) is 20.0. The minimum Gasteiger partial charge on any atom is -0.465 e. The van der Waals surface area contributed by atoms with Crippen LogP contribution in [-0.2, 0) is 22.4 Å². The van der Waals surface area contributed by atoms with E-state index in [0.717, 1.165) is 54.3 Å². The molecule has 0 unspecified atom stereocenters. The highest BCUT2D eigenvalue weighted by Gasteiger charge is 2.26. The molecule has 29 heavy (non-hydrogen) atoms. The van der Waals surface area contributed by atoms with Crippen LogP contribution in [0.5, 0.6) is 0 Å². The maximum atomic E-state index is 12.6. The molecule has 3 aromatic rings. The Bertz CT molecular complexity index is 1070. The van der Waals surface area contributed by atoms with Gasteiger partial charge in [0.15, 0.2) is 5.16 Å². The highest BCUT2D eigenvalue weighted by atomic mass is 32.2. The van der Waals surface area contributed by atoms with Gasteiger partial charge in [-0.1, -0.05) is 24.2 Å². The lowest BCUT2D eigenvalue weighted by molar-refractivity contribution is -0.113. The van der Waals surface area contributed by atoms with Gasteiger partial charge in [-0.3, -0.25) is 4.79 Å². The Morgan fingerprint density at radius 1 is 1.28 bits per heavy atom. The van der Waals surface area contributed by atoms with Crippen LogP contribution in [0.25, 0.3) is 11.0 Å². The molecule has 0 spiro atoms. The SMILES string of the molecule is COC(=O)c1c(NC(=O)CSc2nc3ccc(C)cc3[nH]2)sc2c1CCCCC2. The minimum atomic E-state index is -0.375. The Kier molecular flexibility index (Phi) is 5.91. The zero-order valence-electron chi connectivity index (χ0n) is 16.5. The molecule has 1 aliphatic carbocycles. The fourth-order valence-corrected chi connectivity index (χ4v) is 5.59. The summed E-state index contributed by atoms with van der Waals surface area (Å²) in [5, 5.41) is 4.24. The van der Waals surface area contributed by atoms with Gasteiger partial charge in [0.2, 0.25) is 5.91 Å². The summed E-state index contributed by atoms with van der Waals surface area (Å²) in [6.07, 6.45) is 5.15.